The quantitative estimate of drug-likeness (QED) is 0.681. The summed E-state index contributed by atoms with van der Waals surface area (Å²) >= 11 is 0. The van der Waals surface area contributed by atoms with E-state index in [9.17, 15) is 19.2 Å². The molecule has 1 aromatic carbocycles. The second-order valence-corrected chi connectivity index (χ2v) is 4.69. The number of amides is 2. The predicted octanol–water partition coefficient (Wildman–Crippen LogP) is 0.0101. The van der Waals surface area contributed by atoms with Gasteiger partial charge in [0.1, 0.15) is 6.61 Å². The van der Waals surface area contributed by atoms with Crippen LogP contribution in [0.1, 0.15) is 34.6 Å². The Bertz CT molecular complexity index is 614. The minimum atomic E-state index is -0.806. The molecule has 0 saturated heterocycles. The molecule has 1 atom stereocenters. The molecule has 1 rings (SSSR count). The third-order valence-electron chi connectivity index (χ3n) is 2.70. The molecular formula is C15H18N2O6. The van der Waals surface area contributed by atoms with Crippen molar-refractivity contribution in [2.75, 3.05) is 13.2 Å². The lowest BCUT2D eigenvalue weighted by Gasteiger charge is -2.17. The van der Waals surface area contributed by atoms with Gasteiger partial charge in [0, 0.05) is 25.0 Å². The van der Waals surface area contributed by atoms with Crippen LogP contribution in [0.15, 0.2) is 24.3 Å². The van der Waals surface area contributed by atoms with E-state index in [1.54, 1.807) is 0 Å². The van der Waals surface area contributed by atoms with Crippen LogP contribution in [0.3, 0.4) is 0 Å². The van der Waals surface area contributed by atoms with Gasteiger partial charge in [0.05, 0.1) is 6.54 Å². The van der Waals surface area contributed by atoms with E-state index in [2.05, 4.69) is 5.32 Å². The first-order valence-electron chi connectivity index (χ1n) is 6.78. The Morgan fingerprint density at radius 3 is 2.35 bits per heavy atom. The van der Waals surface area contributed by atoms with Crippen molar-refractivity contribution < 1.29 is 28.7 Å². The zero-order valence-electron chi connectivity index (χ0n) is 12.8. The zero-order valence-corrected chi connectivity index (χ0v) is 12.8. The lowest BCUT2D eigenvalue weighted by Crippen LogP contribution is -2.37. The fourth-order valence-corrected chi connectivity index (χ4v) is 1.70. The highest BCUT2D eigenvalue weighted by atomic mass is 16.6. The molecule has 0 spiro atoms. The molecule has 1 aromatic rings. The number of carbonyl (C=O) groups is 4. The van der Waals surface area contributed by atoms with Crippen LogP contribution in [0.2, 0.25) is 0 Å². The van der Waals surface area contributed by atoms with Crippen molar-refractivity contribution in [3.05, 3.63) is 35.4 Å². The second kappa shape index (κ2) is 8.52. The third kappa shape index (κ3) is 6.60. The third-order valence-corrected chi connectivity index (χ3v) is 2.70. The summed E-state index contributed by atoms with van der Waals surface area (Å²) < 4.78 is 9.71. The molecule has 0 fully saturated rings. The molecule has 0 aliphatic rings. The highest BCUT2D eigenvalue weighted by Crippen LogP contribution is 2.05. The van der Waals surface area contributed by atoms with Gasteiger partial charge in [-0.3, -0.25) is 19.2 Å². The Hall–Kier alpha value is -2.90. The molecule has 8 nitrogen and oxygen atoms in total. The Morgan fingerprint density at radius 1 is 1.13 bits per heavy atom. The number of ether oxygens (including phenoxy) is 2. The fourth-order valence-electron chi connectivity index (χ4n) is 1.70. The van der Waals surface area contributed by atoms with Crippen LogP contribution >= 0.6 is 0 Å². The maximum absolute atomic E-state index is 12.0. The van der Waals surface area contributed by atoms with Crippen LogP contribution in [-0.2, 0) is 19.1 Å². The Kier molecular flexibility index (Phi) is 6.72. The largest absolute Gasteiger partial charge is 0.462 e. The zero-order chi connectivity index (χ0) is 17.4. The van der Waals surface area contributed by atoms with Crippen molar-refractivity contribution in [1.82, 2.24) is 5.32 Å². The van der Waals surface area contributed by atoms with E-state index in [-0.39, 0.29) is 24.3 Å². The highest BCUT2D eigenvalue weighted by molar-refractivity contribution is 5.99. The van der Waals surface area contributed by atoms with Crippen LogP contribution in [0.4, 0.5) is 0 Å². The molecule has 124 valence electrons. The van der Waals surface area contributed by atoms with E-state index < -0.39 is 29.9 Å². The summed E-state index contributed by atoms with van der Waals surface area (Å²) in [6, 6.07) is 5.87. The van der Waals surface area contributed by atoms with Crippen LogP contribution in [0, 0.1) is 0 Å². The average Bonchev–Trinajstić information content (AvgIpc) is 2.49. The standard InChI is InChI=1S/C15H18N2O6/c1-9(18)22-8-13(23-10(2)19)7-17-15(21)12-5-3-4-11(6-12)14(16)20/h3-6,13H,7-8H2,1-2H3,(H2,16,20)(H,17,21). The predicted molar refractivity (Wildman–Crippen MR) is 79.5 cm³/mol. The normalized spacial score (nSPS) is 11.2. The summed E-state index contributed by atoms with van der Waals surface area (Å²) in [7, 11) is 0. The first-order chi connectivity index (χ1) is 10.8. The van der Waals surface area contributed by atoms with Gasteiger partial charge in [0.25, 0.3) is 5.91 Å². The van der Waals surface area contributed by atoms with E-state index in [1.165, 1.54) is 38.1 Å². The molecule has 0 heterocycles. The average molecular weight is 322 g/mol. The molecule has 23 heavy (non-hydrogen) atoms. The van der Waals surface area contributed by atoms with E-state index in [4.69, 9.17) is 15.2 Å². The monoisotopic (exact) mass is 322 g/mol. The first-order valence-corrected chi connectivity index (χ1v) is 6.78. The van der Waals surface area contributed by atoms with Gasteiger partial charge in [-0.25, -0.2) is 0 Å². The van der Waals surface area contributed by atoms with Gasteiger partial charge in [-0.15, -0.1) is 0 Å². The first kappa shape index (κ1) is 18.1. The lowest BCUT2D eigenvalue weighted by atomic mass is 10.1. The van der Waals surface area contributed by atoms with Crippen LogP contribution in [-0.4, -0.2) is 43.0 Å². The van der Waals surface area contributed by atoms with E-state index >= 15 is 0 Å². The molecule has 0 aliphatic heterocycles. The lowest BCUT2D eigenvalue weighted by molar-refractivity contribution is -0.155. The van der Waals surface area contributed by atoms with E-state index in [0.29, 0.717) is 0 Å². The summed E-state index contributed by atoms with van der Waals surface area (Å²) in [6.45, 7) is 2.21. The van der Waals surface area contributed by atoms with Gasteiger partial charge >= 0.3 is 11.9 Å². The molecule has 0 bridgehead atoms. The number of benzene rings is 1. The van der Waals surface area contributed by atoms with Crippen LogP contribution in [0.5, 0.6) is 0 Å². The minimum Gasteiger partial charge on any atom is -0.462 e. The van der Waals surface area contributed by atoms with Gasteiger partial charge in [0.2, 0.25) is 5.91 Å². The Labute approximate surface area is 132 Å². The second-order valence-electron chi connectivity index (χ2n) is 4.69. The molecule has 0 saturated carbocycles. The topological polar surface area (TPSA) is 125 Å². The molecule has 3 N–H and O–H groups in total. The summed E-state index contributed by atoms with van der Waals surface area (Å²) in [4.78, 5) is 44.9. The number of nitrogens with one attached hydrogen (secondary N) is 1. The summed E-state index contributed by atoms with van der Waals surface area (Å²) in [5, 5.41) is 2.53. The van der Waals surface area contributed by atoms with Crippen molar-refractivity contribution in [1.29, 1.82) is 0 Å². The molecule has 0 aromatic heterocycles. The fraction of sp³-hybridized carbons (Fsp3) is 0.333. The maximum Gasteiger partial charge on any atom is 0.303 e. The van der Waals surface area contributed by atoms with Gasteiger partial charge in [-0.1, -0.05) is 6.07 Å². The number of nitrogens with two attached hydrogens (primary N) is 1. The highest BCUT2D eigenvalue weighted by Gasteiger charge is 2.16. The summed E-state index contributed by atoms with van der Waals surface area (Å²) in [5.74, 6) is -2.21. The smallest absolute Gasteiger partial charge is 0.303 e. The number of hydrogen-bond donors (Lipinski definition) is 2. The summed E-state index contributed by atoms with van der Waals surface area (Å²) in [5.41, 5.74) is 5.59. The van der Waals surface area contributed by atoms with E-state index in [1.807, 2.05) is 0 Å². The van der Waals surface area contributed by atoms with Gasteiger partial charge in [0.15, 0.2) is 6.10 Å². The van der Waals surface area contributed by atoms with Gasteiger partial charge < -0.3 is 20.5 Å². The van der Waals surface area contributed by atoms with Crippen molar-refractivity contribution in [2.24, 2.45) is 5.73 Å². The Morgan fingerprint density at radius 2 is 1.78 bits per heavy atom. The molecule has 2 amide bonds. The summed E-state index contributed by atoms with van der Waals surface area (Å²) in [6.07, 6.45) is -0.806. The molecule has 1 unspecified atom stereocenters. The van der Waals surface area contributed by atoms with Gasteiger partial charge in [-0.05, 0) is 18.2 Å². The number of hydrogen-bond acceptors (Lipinski definition) is 6. The van der Waals surface area contributed by atoms with Crippen LogP contribution < -0.4 is 11.1 Å². The van der Waals surface area contributed by atoms with Crippen molar-refractivity contribution in [3.8, 4) is 0 Å². The SMILES string of the molecule is CC(=O)OCC(CNC(=O)c1cccc(C(N)=O)c1)OC(C)=O. The molecular weight excluding hydrogens is 304 g/mol. The van der Waals surface area contributed by atoms with Crippen molar-refractivity contribution in [2.45, 2.75) is 20.0 Å². The minimum absolute atomic E-state index is 0.0491. The van der Waals surface area contributed by atoms with Crippen LogP contribution in [0.25, 0.3) is 0 Å². The number of carbonyl (C=O) groups excluding carboxylic acids is 4. The number of primary amides is 1. The number of esters is 2. The van der Waals surface area contributed by atoms with Crippen molar-refractivity contribution in [3.63, 3.8) is 0 Å². The van der Waals surface area contributed by atoms with E-state index in [0.717, 1.165) is 0 Å². The number of rotatable bonds is 7. The molecule has 8 heteroatoms. The maximum atomic E-state index is 12.0. The Balaban J connectivity index is 2.66. The van der Waals surface area contributed by atoms with Crippen molar-refractivity contribution >= 4 is 23.8 Å². The molecule has 0 radical (unpaired) electrons. The molecule has 0 aliphatic carbocycles. The van der Waals surface area contributed by atoms with Gasteiger partial charge in [-0.2, -0.15) is 0 Å².